The van der Waals surface area contributed by atoms with Crippen molar-refractivity contribution in [3.8, 4) is 11.1 Å². The average Bonchev–Trinajstić information content (AvgIpc) is 3.51. The third kappa shape index (κ3) is 5.00. The van der Waals surface area contributed by atoms with E-state index in [0.717, 1.165) is 22.3 Å². The molecule has 9 nitrogen and oxygen atoms in total. The van der Waals surface area contributed by atoms with Gasteiger partial charge in [0, 0.05) is 11.8 Å². The molecule has 2 aromatic rings. The molecule has 3 saturated heterocycles. The lowest BCUT2D eigenvalue weighted by Gasteiger charge is -2.46. The first-order valence-corrected chi connectivity index (χ1v) is 14.8. The highest BCUT2D eigenvalue weighted by Gasteiger charge is 2.65. The molecule has 42 heavy (non-hydrogen) atoms. The molecule has 0 aromatic heterocycles. The largest absolute Gasteiger partial charge is 0.480 e. The Labute approximate surface area is 247 Å². The van der Waals surface area contributed by atoms with E-state index in [4.69, 9.17) is 23.7 Å². The minimum absolute atomic E-state index is 0.0767. The number of carboxylic acid groups (broad SMARTS) is 1. The van der Waals surface area contributed by atoms with Crippen molar-refractivity contribution in [2.45, 2.75) is 89.3 Å². The van der Waals surface area contributed by atoms with Crippen LogP contribution in [0, 0.1) is 11.8 Å². The zero-order valence-electron chi connectivity index (χ0n) is 25.2. The molecular formula is C33H41NO8. The van der Waals surface area contributed by atoms with Gasteiger partial charge in [0.15, 0.2) is 11.6 Å². The first-order valence-electron chi connectivity index (χ1n) is 14.8. The molecule has 1 amide bonds. The smallest absolute Gasteiger partial charge is 0.410 e. The average molecular weight is 580 g/mol. The monoisotopic (exact) mass is 579 g/mol. The molecule has 9 heteroatoms. The maximum absolute atomic E-state index is 14.0. The highest BCUT2D eigenvalue weighted by atomic mass is 16.8. The van der Waals surface area contributed by atoms with Gasteiger partial charge in [-0.1, -0.05) is 62.4 Å². The molecule has 0 saturated carbocycles. The van der Waals surface area contributed by atoms with Crippen LogP contribution in [0.25, 0.3) is 11.1 Å². The van der Waals surface area contributed by atoms with Crippen molar-refractivity contribution in [2.24, 2.45) is 11.8 Å². The normalized spacial score (nSPS) is 29.4. The summed E-state index contributed by atoms with van der Waals surface area (Å²) in [6.07, 6.45) is -0.707. The van der Waals surface area contributed by atoms with E-state index in [-0.39, 0.29) is 43.8 Å². The molecule has 0 bridgehead atoms. The van der Waals surface area contributed by atoms with Crippen molar-refractivity contribution in [2.75, 3.05) is 19.8 Å². The maximum atomic E-state index is 14.0. The number of carboxylic acids is 1. The molecule has 6 rings (SSSR count). The summed E-state index contributed by atoms with van der Waals surface area (Å²) >= 11 is 0. The van der Waals surface area contributed by atoms with Crippen LogP contribution in [0.5, 0.6) is 0 Å². The number of ether oxygens (including phenoxy) is 5. The number of carbonyl (C=O) groups excluding carboxylic acids is 1. The van der Waals surface area contributed by atoms with Gasteiger partial charge >= 0.3 is 12.1 Å². The number of carbonyl (C=O) groups is 2. The van der Waals surface area contributed by atoms with E-state index in [0.29, 0.717) is 6.42 Å². The quantitative estimate of drug-likeness (QED) is 0.465. The van der Waals surface area contributed by atoms with Crippen LogP contribution < -0.4 is 0 Å². The molecule has 0 radical (unpaired) electrons. The molecule has 3 heterocycles. The Bertz CT molecular complexity index is 1330. The van der Waals surface area contributed by atoms with Crippen LogP contribution in [-0.4, -0.2) is 77.3 Å². The Balaban J connectivity index is 1.30. The molecule has 1 unspecified atom stereocenters. The molecule has 5 atom stereocenters. The van der Waals surface area contributed by atoms with Crippen molar-refractivity contribution in [1.82, 2.24) is 4.90 Å². The molecule has 2 aromatic carbocycles. The summed E-state index contributed by atoms with van der Waals surface area (Å²) in [6, 6.07) is 15.1. The SMILES string of the molecule is CC(C)[C@@H](C(=O)O)N(C[C@@]12OC[C@H]3OC(C)(C)O[C@@H]3C1CC(C)(C)O2)C(=O)OCC1c2ccccc2-c2ccccc21. The minimum atomic E-state index is -1.28. The second-order valence-electron chi connectivity index (χ2n) is 13.4. The third-order valence-electron chi connectivity index (χ3n) is 9.02. The Morgan fingerprint density at radius 3 is 2.21 bits per heavy atom. The Hall–Kier alpha value is -2.98. The van der Waals surface area contributed by atoms with Crippen LogP contribution in [0.4, 0.5) is 4.79 Å². The van der Waals surface area contributed by atoms with Gasteiger partial charge in [-0.15, -0.1) is 0 Å². The number of rotatable bonds is 7. The predicted molar refractivity (Wildman–Crippen MR) is 154 cm³/mol. The summed E-state index contributed by atoms with van der Waals surface area (Å²) in [5.74, 6) is -4.00. The van der Waals surface area contributed by atoms with Gasteiger partial charge in [0.05, 0.1) is 24.9 Å². The first kappa shape index (κ1) is 29.1. The minimum Gasteiger partial charge on any atom is -0.480 e. The maximum Gasteiger partial charge on any atom is 0.410 e. The van der Waals surface area contributed by atoms with E-state index in [9.17, 15) is 14.7 Å². The fourth-order valence-corrected chi connectivity index (χ4v) is 7.49. The number of benzene rings is 2. The number of hydrogen-bond donors (Lipinski definition) is 1. The molecule has 226 valence electrons. The van der Waals surface area contributed by atoms with Crippen LogP contribution >= 0.6 is 0 Å². The molecule has 4 aliphatic rings. The lowest BCUT2D eigenvalue weighted by atomic mass is 9.82. The Kier molecular flexibility index (Phi) is 7.16. The molecule has 3 fully saturated rings. The van der Waals surface area contributed by atoms with Gasteiger partial charge in [-0.25, -0.2) is 9.59 Å². The number of hydrogen-bond acceptors (Lipinski definition) is 7. The number of amides is 1. The van der Waals surface area contributed by atoms with Crippen molar-refractivity contribution >= 4 is 12.1 Å². The van der Waals surface area contributed by atoms with E-state index in [1.807, 2.05) is 52.0 Å². The molecule has 1 N–H and O–H groups in total. The van der Waals surface area contributed by atoms with E-state index in [1.165, 1.54) is 4.90 Å². The number of nitrogens with zero attached hydrogens (tertiary/aromatic N) is 1. The molecule has 0 spiro atoms. The zero-order chi connectivity index (χ0) is 30.0. The molecule has 1 aliphatic carbocycles. The van der Waals surface area contributed by atoms with Crippen LogP contribution in [0.2, 0.25) is 0 Å². The highest BCUT2D eigenvalue weighted by molar-refractivity contribution is 5.81. The highest BCUT2D eigenvalue weighted by Crippen LogP contribution is 2.53. The summed E-state index contributed by atoms with van der Waals surface area (Å²) < 4.78 is 31.4. The predicted octanol–water partition coefficient (Wildman–Crippen LogP) is 5.41. The Morgan fingerprint density at radius 2 is 1.62 bits per heavy atom. The van der Waals surface area contributed by atoms with Crippen LogP contribution in [-0.2, 0) is 28.5 Å². The van der Waals surface area contributed by atoms with E-state index < -0.39 is 41.2 Å². The fourth-order valence-electron chi connectivity index (χ4n) is 7.49. The van der Waals surface area contributed by atoms with Crippen molar-refractivity contribution in [1.29, 1.82) is 0 Å². The van der Waals surface area contributed by atoms with Crippen LogP contribution in [0.3, 0.4) is 0 Å². The van der Waals surface area contributed by atoms with Gasteiger partial charge in [0.1, 0.15) is 18.8 Å². The second-order valence-corrected chi connectivity index (χ2v) is 13.4. The molecular weight excluding hydrogens is 538 g/mol. The van der Waals surface area contributed by atoms with Gasteiger partial charge in [-0.05, 0) is 62.3 Å². The van der Waals surface area contributed by atoms with Gasteiger partial charge in [0.25, 0.3) is 0 Å². The van der Waals surface area contributed by atoms with Gasteiger partial charge in [-0.2, -0.15) is 0 Å². The zero-order valence-corrected chi connectivity index (χ0v) is 25.2. The lowest BCUT2D eigenvalue weighted by Crippen LogP contribution is -2.62. The van der Waals surface area contributed by atoms with E-state index in [1.54, 1.807) is 13.8 Å². The van der Waals surface area contributed by atoms with Crippen molar-refractivity contribution in [3.05, 3.63) is 59.7 Å². The van der Waals surface area contributed by atoms with Crippen molar-refractivity contribution < 1.29 is 38.4 Å². The van der Waals surface area contributed by atoms with Crippen LogP contribution in [0.15, 0.2) is 48.5 Å². The third-order valence-corrected chi connectivity index (χ3v) is 9.02. The molecule has 3 aliphatic heterocycles. The first-order chi connectivity index (χ1) is 19.8. The van der Waals surface area contributed by atoms with Gasteiger partial charge < -0.3 is 28.8 Å². The summed E-state index contributed by atoms with van der Waals surface area (Å²) in [4.78, 5) is 27.9. The van der Waals surface area contributed by atoms with Crippen molar-refractivity contribution in [3.63, 3.8) is 0 Å². The van der Waals surface area contributed by atoms with Gasteiger partial charge in [-0.3, -0.25) is 4.90 Å². The standard InChI is InChI=1S/C33H41NO8/c1-19(2)27(29(35)36)34(18-33-25(15-31(3,4)42-33)28-26(17-39-33)40-32(5,6)41-28)30(37)38-16-24-22-13-9-7-11-20(22)21-12-8-10-14-23(21)24/h7-14,19,24-28H,15-18H2,1-6H3,(H,35,36)/t25?,26-,27+,28-,33+/m1/s1. The summed E-state index contributed by atoms with van der Waals surface area (Å²) in [6.45, 7) is 11.4. The number of aliphatic carboxylic acids is 1. The second kappa shape index (κ2) is 10.3. The van der Waals surface area contributed by atoms with E-state index >= 15 is 0 Å². The summed E-state index contributed by atoms with van der Waals surface area (Å²) in [5.41, 5.74) is 3.82. The summed E-state index contributed by atoms with van der Waals surface area (Å²) in [5, 5.41) is 10.3. The fraction of sp³-hybridized carbons (Fsp3) is 0.576. The van der Waals surface area contributed by atoms with E-state index in [2.05, 4.69) is 24.3 Å². The Morgan fingerprint density at radius 1 is 1.00 bits per heavy atom. The van der Waals surface area contributed by atoms with Crippen LogP contribution in [0.1, 0.15) is 65.0 Å². The summed E-state index contributed by atoms with van der Waals surface area (Å²) in [7, 11) is 0. The topological polar surface area (TPSA) is 104 Å². The number of fused-ring (bicyclic) bond motifs is 6. The van der Waals surface area contributed by atoms with Gasteiger partial charge in [0.2, 0.25) is 0 Å². The lowest BCUT2D eigenvalue weighted by molar-refractivity contribution is -0.300.